The van der Waals surface area contributed by atoms with Crippen molar-refractivity contribution in [2.75, 3.05) is 17.6 Å². The van der Waals surface area contributed by atoms with E-state index in [1.807, 2.05) is 19.1 Å². The van der Waals surface area contributed by atoms with Gasteiger partial charge in [-0.1, -0.05) is 12.5 Å². The van der Waals surface area contributed by atoms with E-state index < -0.39 is 0 Å². The van der Waals surface area contributed by atoms with Crippen molar-refractivity contribution in [2.45, 2.75) is 31.4 Å². The van der Waals surface area contributed by atoms with Gasteiger partial charge in [0.25, 0.3) is 0 Å². The third-order valence-corrected chi connectivity index (χ3v) is 4.49. The maximum atomic E-state index is 9.08. The van der Waals surface area contributed by atoms with Crippen molar-refractivity contribution in [1.29, 1.82) is 5.26 Å². The molecule has 90 valence electrons. The van der Waals surface area contributed by atoms with E-state index in [1.54, 1.807) is 0 Å². The van der Waals surface area contributed by atoms with Crippen molar-refractivity contribution < 1.29 is 0 Å². The zero-order chi connectivity index (χ0) is 12.1. The number of rotatable bonds is 3. The van der Waals surface area contributed by atoms with Crippen LogP contribution in [0.15, 0.2) is 18.2 Å². The molecule has 17 heavy (non-hydrogen) atoms. The third-order valence-electron chi connectivity index (χ3n) is 3.09. The van der Waals surface area contributed by atoms with Crippen LogP contribution in [-0.2, 0) is 0 Å². The maximum absolute atomic E-state index is 9.08. The average molecular weight is 246 g/mol. The minimum atomic E-state index is 0.705. The summed E-state index contributed by atoms with van der Waals surface area (Å²) in [6.07, 6.45) is 4.00. The van der Waals surface area contributed by atoms with E-state index in [9.17, 15) is 0 Å². The zero-order valence-corrected chi connectivity index (χ0v) is 11.0. The van der Waals surface area contributed by atoms with Crippen LogP contribution in [0.5, 0.6) is 0 Å². The van der Waals surface area contributed by atoms with E-state index in [1.165, 1.54) is 25.0 Å². The van der Waals surface area contributed by atoms with Gasteiger partial charge in [-0.2, -0.15) is 17.0 Å². The monoisotopic (exact) mass is 246 g/mol. The number of hydrogen-bond donors (Lipinski definition) is 1. The molecule has 3 heteroatoms. The zero-order valence-electron chi connectivity index (χ0n) is 10.2. The summed E-state index contributed by atoms with van der Waals surface area (Å²) >= 11 is 2.05. The van der Waals surface area contributed by atoms with Crippen LogP contribution in [0.3, 0.4) is 0 Å². The first-order valence-electron chi connectivity index (χ1n) is 6.16. The molecule has 0 radical (unpaired) electrons. The second kappa shape index (κ2) is 5.97. The van der Waals surface area contributed by atoms with E-state index in [-0.39, 0.29) is 0 Å². The predicted molar refractivity (Wildman–Crippen MR) is 74.5 cm³/mol. The SMILES string of the molecule is Cc1ccc(NCC2CCCCS2)c(C#N)c1. The molecule has 1 saturated heterocycles. The van der Waals surface area contributed by atoms with E-state index in [2.05, 4.69) is 29.2 Å². The quantitative estimate of drug-likeness (QED) is 0.885. The molecule has 1 aromatic rings. The number of anilines is 1. The molecule has 0 saturated carbocycles. The molecule has 0 aromatic heterocycles. The maximum Gasteiger partial charge on any atom is 0.101 e. The summed E-state index contributed by atoms with van der Waals surface area (Å²) < 4.78 is 0. The van der Waals surface area contributed by atoms with Crippen molar-refractivity contribution in [2.24, 2.45) is 0 Å². The molecule has 1 atom stereocenters. The van der Waals surface area contributed by atoms with Crippen LogP contribution in [0.4, 0.5) is 5.69 Å². The molecule has 2 rings (SSSR count). The summed E-state index contributed by atoms with van der Waals surface area (Å²) in [6.45, 7) is 2.99. The molecule has 1 heterocycles. The van der Waals surface area contributed by atoms with E-state index in [4.69, 9.17) is 5.26 Å². The Hall–Kier alpha value is -1.14. The lowest BCUT2D eigenvalue weighted by atomic mass is 10.1. The Labute approximate surface area is 107 Å². The summed E-state index contributed by atoms with van der Waals surface area (Å²) in [7, 11) is 0. The highest BCUT2D eigenvalue weighted by atomic mass is 32.2. The van der Waals surface area contributed by atoms with Gasteiger partial charge < -0.3 is 5.32 Å². The number of benzene rings is 1. The van der Waals surface area contributed by atoms with Crippen LogP contribution in [-0.4, -0.2) is 17.5 Å². The Morgan fingerprint density at radius 1 is 1.47 bits per heavy atom. The molecule has 0 amide bonds. The minimum Gasteiger partial charge on any atom is -0.383 e. The normalized spacial score (nSPS) is 19.6. The van der Waals surface area contributed by atoms with Crippen LogP contribution in [0.1, 0.15) is 30.4 Å². The van der Waals surface area contributed by atoms with Gasteiger partial charge in [-0.15, -0.1) is 0 Å². The fourth-order valence-electron chi connectivity index (χ4n) is 2.10. The molecule has 1 aliphatic rings. The number of nitriles is 1. The summed E-state index contributed by atoms with van der Waals surface area (Å²) in [5.74, 6) is 1.28. The smallest absolute Gasteiger partial charge is 0.101 e. The fraction of sp³-hybridized carbons (Fsp3) is 0.500. The Morgan fingerprint density at radius 2 is 2.35 bits per heavy atom. The Balaban J connectivity index is 1.96. The molecule has 0 spiro atoms. The molecule has 0 bridgehead atoms. The predicted octanol–water partition coefficient (Wildman–Crippen LogP) is 3.56. The van der Waals surface area contributed by atoms with Gasteiger partial charge in [-0.3, -0.25) is 0 Å². The van der Waals surface area contributed by atoms with E-state index in [0.29, 0.717) is 5.25 Å². The van der Waals surface area contributed by atoms with Crippen molar-refractivity contribution in [3.63, 3.8) is 0 Å². The number of nitrogens with one attached hydrogen (secondary N) is 1. The van der Waals surface area contributed by atoms with Gasteiger partial charge in [-0.05, 0) is 43.2 Å². The average Bonchev–Trinajstić information content (AvgIpc) is 2.38. The first-order chi connectivity index (χ1) is 8.29. The summed E-state index contributed by atoms with van der Waals surface area (Å²) in [4.78, 5) is 0. The molecule has 1 N–H and O–H groups in total. The lowest BCUT2D eigenvalue weighted by Crippen LogP contribution is -2.20. The van der Waals surface area contributed by atoms with Crippen LogP contribution in [0.25, 0.3) is 0 Å². The molecule has 0 aliphatic carbocycles. The highest BCUT2D eigenvalue weighted by Crippen LogP contribution is 2.26. The second-order valence-electron chi connectivity index (χ2n) is 4.53. The van der Waals surface area contributed by atoms with E-state index in [0.717, 1.165) is 23.4 Å². The number of aryl methyl sites for hydroxylation is 1. The van der Waals surface area contributed by atoms with Crippen LogP contribution < -0.4 is 5.32 Å². The topological polar surface area (TPSA) is 35.8 Å². The number of thioether (sulfide) groups is 1. The summed E-state index contributed by atoms with van der Waals surface area (Å²) in [5, 5.41) is 13.2. The Kier molecular flexibility index (Phi) is 4.33. The Morgan fingerprint density at radius 3 is 3.06 bits per heavy atom. The molecule has 1 unspecified atom stereocenters. The van der Waals surface area contributed by atoms with Crippen molar-refractivity contribution in [3.8, 4) is 6.07 Å². The van der Waals surface area contributed by atoms with Crippen molar-refractivity contribution in [3.05, 3.63) is 29.3 Å². The highest BCUT2D eigenvalue weighted by Gasteiger charge is 2.13. The molecule has 2 nitrogen and oxygen atoms in total. The van der Waals surface area contributed by atoms with Gasteiger partial charge in [0.2, 0.25) is 0 Å². The standard InChI is InChI=1S/C14H18N2S/c1-11-5-6-14(12(8-11)9-15)16-10-13-4-2-3-7-17-13/h5-6,8,13,16H,2-4,7,10H2,1H3. The largest absolute Gasteiger partial charge is 0.383 e. The first kappa shape index (κ1) is 12.3. The van der Waals surface area contributed by atoms with Gasteiger partial charge in [0, 0.05) is 11.8 Å². The molecular formula is C14H18N2S. The van der Waals surface area contributed by atoms with Crippen molar-refractivity contribution >= 4 is 17.4 Å². The van der Waals surface area contributed by atoms with Gasteiger partial charge in [0.15, 0.2) is 0 Å². The lowest BCUT2D eigenvalue weighted by molar-refractivity contribution is 0.677. The third kappa shape index (κ3) is 3.41. The molecule has 1 aliphatic heterocycles. The van der Waals surface area contributed by atoms with E-state index >= 15 is 0 Å². The second-order valence-corrected chi connectivity index (χ2v) is 5.94. The van der Waals surface area contributed by atoms with Gasteiger partial charge in [0.1, 0.15) is 6.07 Å². The summed E-state index contributed by atoms with van der Waals surface area (Å²) in [5.41, 5.74) is 2.87. The van der Waals surface area contributed by atoms with Gasteiger partial charge in [-0.25, -0.2) is 0 Å². The fourth-order valence-corrected chi connectivity index (χ4v) is 3.34. The van der Waals surface area contributed by atoms with Gasteiger partial charge >= 0.3 is 0 Å². The number of nitrogens with zero attached hydrogens (tertiary/aromatic N) is 1. The highest BCUT2D eigenvalue weighted by molar-refractivity contribution is 7.99. The van der Waals surface area contributed by atoms with Crippen molar-refractivity contribution in [1.82, 2.24) is 0 Å². The molecule has 1 fully saturated rings. The first-order valence-corrected chi connectivity index (χ1v) is 7.20. The van der Waals surface area contributed by atoms with Crippen LogP contribution in [0, 0.1) is 18.3 Å². The summed E-state index contributed by atoms with van der Waals surface area (Å²) in [6, 6.07) is 8.26. The molecule has 1 aromatic carbocycles. The lowest BCUT2D eigenvalue weighted by Gasteiger charge is -2.22. The molecular weight excluding hydrogens is 228 g/mol. The van der Waals surface area contributed by atoms with Crippen LogP contribution >= 0.6 is 11.8 Å². The minimum absolute atomic E-state index is 0.705. The van der Waals surface area contributed by atoms with Gasteiger partial charge in [0.05, 0.1) is 11.3 Å². The Bertz CT molecular complexity index is 417. The number of hydrogen-bond acceptors (Lipinski definition) is 3. The van der Waals surface area contributed by atoms with Crippen LogP contribution in [0.2, 0.25) is 0 Å².